The molecule has 7 heteroatoms. The van der Waals surface area contributed by atoms with Crippen LogP contribution in [-0.4, -0.2) is 21.9 Å². The summed E-state index contributed by atoms with van der Waals surface area (Å²) in [6.45, 7) is 1.65. The number of nitro groups is 1. The fourth-order valence-electron chi connectivity index (χ4n) is 2.41. The summed E-state index contributed by atoms with van der Waals surface area (Å²) in [5.74, 6) is -1.16. The first-order valence-corrected chi connectivity index (χ1v) is 7.74. The molecule has 1 amide bonds. The van der Waals surface area contributed by atoms with Gasteiger partial charge in [-0.25, -0.2) is 0 Å². The van der Waals surface area contributed by atoms with E-state index in [9.17, 15) is 19.7 Å². The molecule has 0 fully saturated rings. The van der Waals surface area contributed by atoms with Gasteiger partial charge in [-0.2, -0.15) is 0 Å². The molecule has 25 heavy (non-hydrogen) atoms. The van der Waals surface area contributed by atoms with E-state index in [4.69, 9.17) is 5.11 Å². The number of carboxylic acids is 1. The maximum atomic E-state index is 12.3. The number of amides is 1. The predicted octanol–water partition coefficient (Wildman–Crippen LogP) is 3.56. The minimum atomic E-state index is -0.817. The molecule has 0 heterocycles. The van der Waals surface area contributed by atoms with Crippen LogP contribution in [0.15, 0.2) is 42.5 Å². The molecule has 0 atom stereocenters. The highest BCUT2D eigenvalue weighted by Crippen LogP contribution is 2.19. The van der Waals surface area contributed by atoms with E-state index in [0.29, 0.717) is 29.7 Å². The number of carbonyl (C=O) groups is 2. The van der Waals surface area contributed by atoms with Crippen molar-refractivity contribution in [2.75, 3.05) is 5.32 Å². The molecule has 2 rings (SSSR count). The Morgan fingerprint density at radius 2 is 1.84 bits per heavy atom. The zero-order valence-corrected chi connectivity index (χ0v) is 13.7. The number of anilines is 1. The van der Waals surface area contributed by atoms with Gasteiger partial charge in [-0.1, -0.05) is 12.1 Å². The fraction of sp³-hybridized carbons (Fsp3) is 0.222. The summed E-state index contributed by atoms with van der Waals surface area (Å²) >= 11 is 0. The van der Waals surface area contributed by atoms with Crippen molar-refractivity contribution < 1.29 is 19.6 Å². The van der Waals surface area contributed by atoms with Gasteiger partial charge in [0.15, 0.2) is 0 Å². The van der Waals surface area contributed by atoms with Gasteiger partial charge in [-0.15, -0.1) is 0 Å². The average molecular weight is 342 g/mol. The Labute approximate surface area is 144 Å². The Hall–Kier alpha value is -3.22. The van der Waals surface area contributed by atoms with Crippen molar-refractivity contribution in [3.63, 3.8) is 0 Å². The second-order valence-corrected chi connectivity index (χ2v) is 5.65. The van der Waals surface area contributed by atoms with E-state index in [1.165, 1.54) is 18.2 Å². The molecule has 0 saturated carbocycles. The van der Waals surface area contributed by atoms with Crippen LogP contribution in [0.3, 0.4) is 0 Å². The molecule has 0 aliphatic heterocycles. The van der Waals surface area contributed by atoms with Crippen molar-refractivity contribution in [1.82, 2.24) is 0 Å². The van der Waals surface area contributed by atoms with Crippen LogP contribution in [0.1, 0.15) is 34.3 Å². The van der Waals surface area contributed by atoms with Crippen LogP contribution in [0.25, 0.3) is 0 Å². The lowest BCUT2D eigenvalue weighted by Crippen LogP contribution is -2.13. The molecule has 0 saturated heterocycles. The number of hydrogen-bond donors (Lipinski definition) is 2. The van der Waals surface area contributed by atoms with Gasteiger partial charge in [0.05, 0.1) is 4.92 Å². The second kappa shape index (κ2) is 8.05. The number of benzene rings is 2. The third-order valence-electron chi connectivity index (χ3n) is 3.73. The smallest absolute Gasteiger partial charge is 0.303 e. The van der Waals surface area contributed by atoms with E-state index < -0.39 is 10.9 Å². The first-order chi connectivity index (χ1) is 11.9. The van der Waals surface area contributed by atoms with Crippen LogP contribution < -0.4 is 5.32 Å². The average Bonchev–Trinajstić information content (AvgIpc) is 2.55. The lowest BCUT2D eigenvalue weighted by Gasteiger charge is -2.08. The molecule has 2 aromatic rings. The van der Waals surface area contributed by atoms with E-state index >= 15 is 0 Å². The molecule has 0 aliphatic carbocycles. The second-order valence-electron chi connectivity index (χ2n) is 5.65. The molecule has 2 aromatic carbocycles. The van der Waals surface area contributed by atoms with Gasteiger partial charge in [-0.05, 0) is 49.1 Å². The van der Waals surface area contributed by atoms with Crippen molar-refractivity contribution in [2.24, 2.45) is 0 Å². The first-order valence-electron chi connectivity index (χ1n) is 7.74. The normalized spacial score (nSPS) is 10.3. The van der Waals surface area contributed by atoms with Crippen molar-refractivity contribution in [3.8, 4) is 0 Å². The van der Waals surface area contributed by atoms with Crippen LogP contribution in [0, 0.1) is 17.0 Å². The Morgan fingerprint density at radius 1 is 1.16 bits per heavy atom. The highest BCUT2D eigenvalue weighted by atomic mass is 16.6. The van der Waals surface area contributed by atoms with Crippen molar-refractivity contribution in [1.29, 1.82) is 0 Å². The van der Waals surface area contributed by atoms with E-state index in [0.717, 1.165) is 5.56 Å². The fourth-order valence-corrected chi connectivity index (χ4v) is 2.41. The zero-order chi connectivity index (χ0) is 18.4. The van der Waals surface area contributed by atoms with Crippen molar-refractivity contribution in [3.05, 3.63) is 69.3 Å². The van der Waals surface area contributed by atoms with Crippen LogP contribution in [0.2, 0.25) is 0 Å². The highest BCUT2D eigenvalue weighted by Gasteiger charge is 2.13. The maximum Gasteiger partial charge on any atom is 0.303 e. The number of carboxylic acid groups (broad SMARTS) is 1. The van der Waals surface area contributed by atoms with Crippen LogP contribution >= 0.6 is 0 Å². The van der Waals surface area contributed by atoms with E-state index in [1.807, 2.05) is 12.1 Å². The van der Waals surface area contributed by atoms with Gasteiger partial charge in [-0.3, -0.25) is 19.7 Å². The van der Waals surface area contributed by atoms with Gasteiger partial charge in [0.2, 0.25) is 0 Å². The quantitative estimate of drug-likeness (QED) is 0.590. The lowest BCUT2D eigenvalue weighted by molar-refractivity contribution is -0.384. The number of aliphatic carboxylic acids is 1. The third-order valence-corrected chi connectivity index (χ3v) is 3.73. The molecule has 0 unspecified atom stereocenters. The topological polar surface area (TPSA) is 110 Å². The lowest BCUT2D eigenvalue weighted by atomic mass is 10.1. The molecule has 2 N–H and O–H groups in total. The summed E-state index contributed by atoms with van der Waals surface area (Å²) in [6.07, 6.45) is 1.34. The number of carbonyl (C=O) groups excluding carboxylic acids is 1. The molecular formula is C18H18N2O5. The minimum absolute atomic E-state index is 0.0558. The SMILES string of the molecule is Cc1cc([N+](=O)[O-])ccc1C(=O)Nc1ccc(CCCC(=O)O)cc1. The Kier molecular flexibility index (Phi) is 5.84. The monoisotopic (exact) mass is 342 g/mol. The van der Waals surface area contributed by atoms with E-state index in [1.54, 1.807) is 19.1 Å². The Morgan fingerprint density at radius 3 is 2.40 bits per heavy atom. The van der Waals surface area contributed by atoms with E-state index in [2.05, 4.69) is 5.32 Å². The predicted molar refractivity (Wildman–Crippen MR) is 92.8 cm³/mol. The largest absolute Gasteiger partial charge is 0.481 e. The Bertz CT molecular complexity index is 800. The van der Waals surface area contributed by atoms with Crippen molar-refractivity contribution >= 4 is 23.3 Å². The molecule has 0 bridgehead atoms. The standard InChI is InChI=1S/C18H18N2O5/c1-12-11-15(20(24)25)9-10-16(12)18(23)19-14-7-5-13(6-8-14)3-2-4-17(21)22/h5-11H,2-4H2,1H3,(H,19,23)(H,21,22). The summed E-state index contributed by atoms with van der Waals surface area (Å²) in [4.78, 5) is 33.0. The molecule has 0 radical (unpaired) electrons. The Balaban J connectivity index is 2.01. The number of aryl methyl sites for hydroxylation is 2. The van der Waals surface area contributed by atoms with Crippen molar-refractivity contribution in [2.45, 2.75) is 26.2 Å². The number of hydrogen-bond acceptors (Lipinski definition) is 4. The number of nitro benzene ring substituents is 1. The maximum absolute atomic E-state index is 12.3. The highest BCUT2D eigenvalue weighted by molar-refractivity contribution is 6.05. The van der Waals surface area contributed by atoms with Gasteiger partial charge in [0.1, 0.15) is 0 Å². The number of rotatable bonds is 7. The number of non-ortho nitro benzene ring substituents is 1. The van der Waals surface area contributed by atoms with Gasteiger partial charge < -0.3 is 10.4 Å². The first kappa shape index (κ1) is 18.1. The molecule has 130 valence electrons. The molecule has 0 aromatic heterocycles. The summed E-state index contributed by atoms with van der Waals surface area (Å²) in [7, 11) is 0. The van der Waals surface area contributed by atoms with Gasteiger partial charge in [0, 0.05) is 29.8 Å². The zero-order valence-electron chi connectivity index (χ0n) is 13.7. The van der Waals surface area contributed by atoms with Gasteiger partial charge in [0.25, 0.3) is 11.6 Å². The molecule has 7 nitrogen and oxygen atoms in total. The number of nitrogens with one attached hydrogen (secondary N) is 1. The molecule has 0 spiro atoms. The van der Waals surface area contributed by atoms with Crippen LogP contribution in [0.5, 0.6) is 0 Å². The summed E-state index contributed by atoms with van der Waals surface area (Å²) < 4.78 is 0. The summed E-state index contributed by atoms with van der Waals surface area (Å²) in [6, 6.07) is 11.3. The van der Waals surface area contributed by atoms with Gasteiger partial charge >= 0.3 is 5.97 Å². The van der Waals surface area contributed by atoms with Crippen LogP contribution in [0.4, 0.5) is 11.4 Å². The van der Waals surface area contributed by atoms with Crippen LogP contribution in [-0.2, 0) is 11.2 Å². The molecule has 0 aliphatic rings. The molecular weight excluding hydrogens is 324 g/mol. The number of nitrogens with zero attached hydrogens (tertiary/aromatic N) is 1. The third kappa shape index (κ3) is 5.13. The summed E-state index contributed by atoms with van der Waals surface area (Å²) in [5.41, 5.74) is 2.43. The summed E-state index contributed by atoms with van der Waals surface area (Å²) in [5, 5.41) is 22.1. The minimum Gasteiger partial charge on any atom is -0.481 e. The van der Waals surface area contributed by atoms with E-state index in [-0.39, 0.29) is 18.0 Å².